The fourth-order valence-corrected chi connectivity index (χ4v) is 2.71. The molecule has 0 radical (unpaired) electrons. The van der Waals surface area contributed by atoms with E-state index in [1.807, 2.05) is 26.2 Å². The van der Waals surface area contributed by atoms with Crippen LogP contribution in [0.15, 0.2) is 11.6 Å². The molecule has 3 N–H and O–H groups in total. The fourth-order valence-electron chi connectivity index (χ4n) is 1.99. The van der Waals surface area contributed by atoms with Crippen LogP contribution in [0.1, 0.15) is 42.0 Å². The van der Waals surface area contributed by atoms with Gasteiger partial charge in [-0.3, -0.25) is 9.48 Å². The van der Waals surface area contributed by atoms with Crippen molar-refractivity contribution in [3.63, 3.8) is 0 Å². The van der Waals surface area contributed by atoms with Crippen LogP contribution < -0.4 is 11.1 Å². The minimum Gasteiger partial charge on any atom is -0.395 e. The number of carbonyl (C=O) groups excluding carboxylic acids is 1. The molecule has 0 unspecified atom stereocenters. The average molecular weight is 293 g/mol. The third-order valence-corrected chi connectivity index (χ3v) is 4.18. The summed E-state index contributed by atoms with van der Waals surface area (Å²) in [5.41, 5.74) is 6.93. The Bertz CT molecular complexity index is 615. The lowest BCUT2D eigenvalue weighted by molar-refractivity contribution is 0.0902. The molecule has 0 aliphatic carbocycles. The van der Waals surface area contributed by atoms with Crippen LogP contribution in [0.2, 0.25) is 0 Å². The van der Waals surface area contributed by atoms with Crippen LogP contribution in [-0.4, -0.2) is 20.7 Å². The van der Waals surface area contributed by atoms with Gasteiger partial charge >= 0.3 is 0 Å². The number of thiazole rings is 1. The van der Waals surface area contributed by atoms with E-state index in [-0.39, 0.29) is 5.91 Å². The molecule has 1 amide bonds. The Labute approximate surface area is 122 Å². The van der Waals surface area contributed by atoms with Gasteiger partial charge < -0.3 is 11.1 Å². The van der Waals surface area contributed by atoms with Gasteiger partial charge in [-0.1, -0.05) is 0 Å². The highest BCUT2D eigenvalue weighted by atomic mass is 32.1. The van der Waals surface area contributed by atoms with Crippen LogP contribution in [0.3, 0.4) is 0 Å². The van der Waals surface area contributed by atoms with Crippen molar-refractivity contribution in [2.24, 2.45) is 0 Å². The van der Waals surface area contributed by atoms with Crippen LogP contribution in [-0.2, 0) is 12.1 Å². The van der Waals surface area contributed by atoms with Crippen molar-refractivity contribution in [1.29, 1.82) is 0 Å². The average Bonchev–Trinajstić information content (AvgIpc) is 2.98. The van der Waals surface area contributed by atoms with E-state index in [2.05, 4.69) is 15.4 Å². The normalized spacial score (nSPS) is 11.6. The van der Waals surface area contributed by atoms with E-state index in [9.17, 15) is 4.79 Å². The molecule has 0 spiro atoms. The van der Waals surface area contributed by atoms with Crippen molar-refractivity contribution >= 4 is 22.9 Å². The Balaban J connectivity index is 2.29. The minimum atomic E-state index is -0.547. The standard InChI is InChI=1S/C13H19N5OS/c1-5-18-10(9(14)8(2)17-18)11(19)16-13(3,4)12-15-6-7-20-12/h6-7H,5,14H2,1-4H3,(H,16,19). The number of anilines is 1. The quantitative estimate of drug-likeness (QED) is 0.901. The predicted molar refractivity (Wildman–Crippen MR) is 79.7 cm³/mol. The maximum absolute atomic E-state index is 12.5. The summed E-state index contributed by atoms with van der Waals surface area (Å²) in [5.74, 6) is -0.231. The van der Waals surface area contributed by atoms with E-state index in [1.165, 1.54) is 11.3 Å². The lowest BCUT2D eigenvalue weighted by Crippen LogP contribution is -2.42. The summed E-state index contributed by atoms with van der Waals surface area (Å²) in [6.07, 6.45) is 1.72. The number of carbonyl (C=O) groups is 1. The van der Waals surface area contributed by atoms with Gasteiger partial charge in [0.2, 0.25) is 0 Å². The Morgan fingerprint density at radius 2 is 2.25 bits per heavy atom. The molecule has 0 atom stereocenters. The molecule has 2 aromatic heterocycles. The Hall–Kier alpha value is -1.89. The molecular formula is C13H19N5OS. The third kappa shape index (κ3) is 2.53. The van der Waals surface area contributed by atoms with Crippen molar-refractivity contribution < 1.29 is 4.79 Å². The first-order valence-electron chi connectivity index (χ1n) is 6.42. The Morgan fingerprint density at radius 1 is 1.55 bits per heavy atom. The molecule has 0 aliphatic rings. The molecule has 0 aliphatic heterocycles. The van der Waals surface area contributed by atoms with Gasteiger partial charge in [0, 0.05) is 18.1 Å². The van der Waals surface area contributed by atoms with Gasteiger partial charge in [-0.15, -0.1) is 11.3 Å². The monoisotopic (exact) mass is 293 g/mol. The van der Waals surface area contributed by atoms with Crippen molar-refractivity contribution in [3.05, 3.63) is 28.0 Å². The summed E-state index contributed by atoms with van der Waals surface area (Å²) in [6, 6.07) is 0. The first kappa shape index (κ1) is 14.5. The minimum absolute atomic E-state index is 0.231. The molecule has 7 heteroatoms. The molecule has 2 aromatic rings. The number of aromatic nitrogens is 3. The molecule has 0 fully saturated rings. The predicted octanol–water partition coefficient (Wildman–Crippen LogP) is 1.92. The summed E-state index contributed by atoms with van der Waals surface area (Å²) in [7, 11) is 0. The molecule has 0 aromatic carbocycles. The third-order valence-electron chi connectivity index (χ3n) is 3.08. The van der Waals surface area contributed by atoms with E-state index in [0.29, 0.717) is 23.6 Å². The van der Waals surface area contributed by atoms with E-state index < -0.39 is 5.54 Å². The fraction of sp³-hybridized carbons (Fsp3) is 0.462. The van der Waals surface area contributed by atoms with Gasteiger partial charge in [0.1, 0.15) is 10.7 Å². The number of hydrogen-bond acceptors (Lipinski definition) is 5. The number of nitrogen functional groups attached to an aromatic ring is 1. The van der Waals surface area contributed by atoms with Crippen molar-refractivity contribution in [2.75, 3.05) is 5.73 Å². The van der Waals surface area contributed by atoms with Gasteiger partial charge in [-0.2, -0.15) is 5.10 Å². The van der Waals surface area contributed by atoms with Gasteiger partial charge in [-0.05, 0) is 27.7 Å². The van der Waals surface area contributed by atoms with Crippen molar-refractivity contribution in [3.8, 4) is 0 Å². The topological polar surface area (TPSA) is 85.8 Å². The number of aryl methyl sites for hydroxylation is 2. The molecule has 2 rings (SSSR count). The second-order valence-electron chi connectivity index (χ2n) is 5.08. The van der Waals surface area contributed by atoms with Crippen LogP contribution in [0, 0.1) is 6.92 Å². The van der Waals surface area contributed by atoms with E-state index in [1.54, 1.807) is 17.8 Å². The highest BCUT2D eigenvalue weighted by molar-refractivity contribution is 7.09. The number of hydrogen-bond donors (Lipinski definition) is 2. The Kier molecular flexibility index (Phi) is 3.80. The van der Waals surface area contributed by atoms with Crippen LogP contribution in [0.25, 0.3) is 0 Å². The smallest absolute Gasteiger partial charge is 0.272 e. The van der Waals surface area contributed by atoms with Gasteiger partial charge in [-0.25, -0.2) is 4.98 Å². The van der Waals surface area contributed by atoms with Crippen LogP contribution in [0.4, 0.5) is 5.69 Å². The van der Waals surface area contributed by atoms with Gasteiger partial charge in [0.25, 0.3) is 5.91 Å². The number of nitrogens with one attached hydrogen (secondary N) is 1. The van der Waals surface area contributed by atoms with Crippen molar-refractivity contribution in [2.45, 2.75) is 39.8 Å². The summed E-state index contributed by atoms with van der Waals surface area (Å²) < 4.78 is 1.62. The largest absolute Gasteiger partial charge is 0.395 e. The summed E-state index contributed by atoms with van der Waals surface area (Å²) in [5, 5.41) is 9.97. The lowest BCUT2D eigenvalue weighted by Gasteiger charge is -2.24. The van der Waals surface area contributed by atoms with E-state index in [4.69, 9.17) is 5.73 Å². The van der Waals surface area contributed by atoms with Crippen LogP contribution >= 0.6 is 11.3 Å². The zero-order valence-corrected chi connectivity index (χ0v) is 12.9. The first-order chi connectivity index (χ1) is 9.36. The van der Waals surface area contributed by atoms with Crippen molar-refractivity contribution in [1.82, 2.24) is 20.1 Å². The maximum atomic E-state index is 12.5. The number of nitrogens with two attached hydrogens (primary N) is 1. The Morgan fingerprint density at radius 3 is 2.80 bits per heavy atom. The first-order valence-corrected chi connectivity index (χ1v) is 7.30. The molecule has 0 bridgehead atoms. The summed E-state index contributed by atoms with van der Waals surface area (Å²) in [4.78, 5) is 16.7. The SMILES string of the molecule is CCn1nc(C)c(N)c1C(=O)NC(C)(C)c1nccs1. The molecule has 6 nitrogen and oxygen atoms in total. The highest BCUT2D eigenvalue weighted by Gasteiger charge is 2.29. The molecule has 108 valence electrons. The second-order valence-corrected chi connectivity index (χ2v) is 5.97. The molecule has 2 heterocycles. The zero-order valence-electron chi connectivity index (χ0n) is 12.1. The number of nitrogens with zero attached hydrogens (tertiary/aromatic N) is 3. The second kappa shape index (κ2) is 5.24. The van der Waals surface area contributed by atoms with E-state index >= 15 is 0 Å². The maximum Gasteiger partial charge on any atom is 0.272 e. The van der Waals surface area contributed by atoms with Gasteiger partial charge in [0.15, 0.2) is 0 Å². The molecule has 0 saturated heterocycles. The summed E-state index contributed by atoms with van der Waals surface area (Å²) >= 11 is 1.51. The zero-order chi connectivity index (χ0) is 14.9. The molecular weight excluding hydrogens is 274 g/mol. The van der Waals surface area contributed by atoms with Gasteiger partial charge in [0.05, 0.1) is 16.9 Å². The lowest BCUT2D eigenvalue weighted by atomic mass is 10.1. The molecule has 0 saturated carbocycles. The number of amides is 1. The number of rotatable bonds is 4. The van der Waals surface area contributed by atoms with Crippen LogP contribution in [0.5, 0.6) is 0 Å². The highest BCUT2D eigenvalue weighted by Crippen LogP contribution is 2.24. The van der Waals surface area contributed by atoms with E-state index in [0.717, 1.165) is 5.01 Å². The molecule has 20 heavy (non-hydrogen) atoms. The summed E-state index contributed by atoms with van der Waals surface area (Å²) in [6.45, 7) is 8.15.